The van der Waals surface area contributed by atoms with E-state index in [0.29, 0.717) is 12.3 Å². The number of carboxylic acids is 1. The zero-order chi connectivity index (χ0) is 17.3. The Labute approximate surface area is 141 Å². The van der Waals surface area contributed by atoms with Crippen molar-refractivity contribution < 1.29 is 23.1 Å². The number of rotatable bonds is 4. The smallest absolute Gasteiger partial charge is 0.327 e. The Morgan fingerprint density at radius 2 is 1.83 bits per heavy atom. The maximum Gasteiger partial charge on any atom is 0.327 e. The van der Waals surface area contributed by atoms with Crippen molar-refractivity contribution in [1.29, 1.82) is 0 Å². The van der Waals surface area contributed by atoms with Crippen LogP contribution in [0, 0.1) is 5.92 Å². The van der Waals surface area contributed by atoms with Gasteiger partial charge in [0.25, 0.3) is 0 Å². The van der Waals surface area contributed by atoms with E-state index < -0.39 is 27.6 Å². The van der Waals surface area contributed by atoms with E-state index in [1.807, 2.05) is 18.2 Å². The van der Waals surface area contributed by atoms with Crippen molar-refractivity contribution in [2.45, 2.75) is 31.2 Å². The van der Waals surface area contributed by atoms with Crippen molar-refractivity contribution in [2.24, 2.45) is 5.92 Å². The average Bonchev–Trinajstić information content (AvgIpc) is 2.50. The van der Waals surface area contributed by atoms with E-state index >= 15 is 0 Å². The Balaban J connectivity index is 1.57. The molecular formula is C17H21NO5S. The van der Waals surface area contributed by atoms with E-state index in [9.17, 15) is 23.1 Å². The first kappa shape index (κ1) is 17.0. The van der Waals surface area contributed by atoms with Gasteiger partial charge in [-0.3, -0.25) is 4.79 Å². The zero-order valence-electron chi connectivity index (χ0n) is 13.3. The molecule has 1 saturated heterocycles. The number of benzene rings is 1. The number of aliphatic carboxylic acids is 1. The molecule has 1 aliphatic carbocycles. The van der Waals surface area contributed by atoms with Gasteiger partial charge in [-0.2, -0.15) is 0 Å². The summed E-state index contributed by atoms with van der Waals surface area (Å²) in [6, 6.07) is 8.89. The van der Waals surface area contributed by atoms with Crippen molar-refractivity contribution >= 4 is 21.7 Å². The van der Waals surface area contributed by atoms with Crippen LogP contribution in [0.5, 0.6) is 0 Å². The van der Waals surface area contributed by atoms with E-state index in [4.69, 9.17) is 0 Å². The van der Waals surface area contributed by atoms with Crippen LogP contribution in [0.4, 0.5) is 0 Å². The van der Waals surface area contributed by atoms with Gasteiger partial charge >= 0.3 is 5.97 Å². The van der Waals surface area contributed by atoms with Gasteiger partial charge in [-0.25, -0.2) is 13.2 Å². The number of carboxylic acid groups (broad SMARTS) is 1. The topological polar surface area (TPSA) is 91.8 Å². The Morgan fingerprint density at radius 1 is 1.17 bits per heavy atom. The summed E-state index contributed by atoms with van der Waals surface area (Å²) in [6.07, 6.45) is 2.13. The first-order valence-electron chi connectivity index (χ1n) is 8.13. The maximum absolute atomic E-state index is 12.4. The van der Waals surface area contributed by atoms with Crippen LogP contribution >= 0.6 is 0 Å². The lowest BCUT2D eigenvalue weighted by molar-refractivity contribution is -0.150. The van der Waals surface area contributed by atoms with Crippen LogP contribution in [0.2, 0.25) is 0 Å². The van der Waals surface area contributed by atoms with Crippen LogP contribution in [-0.4, -0.2) is 54.4 Å². The second kappa shape index (κ2) is 6.55. The third-order valence-corrected chi connectivity index (χ3v) is 6.63. The van der Waals surface area contributed by atoms with Crippen LogP contribution in [0.3, 0.4) is 0 Å². The Kier molecular flexibility index (Phi) is 4.62. The summed E-state index contributed by atoms with van der Waals surface area (Å²) in [5.41, 5.74) is 1.27. The molecule has 0 bridgehead atoms. The predicted molar refractivity (Wildman–Crippen MR) is 88.3 cm³/mol. The van der Waals surface area contributed by atoms with E-state index in [1.54, 1.807) is 0 Å². The van der Waals surface area contributed by atoms with Gasteiger partial charge < -0.3 is 10.0 Å². The molecule has 6 nitrogen and oxygen atoms in total. The molecule has 1 atom stereocenters. The number of carbonyl (C=O) groups excluding carboxylic acids is 1. The summed E-state index contributed by atoms with van der Waals surface area (Å²) >= 11 is 0. The Bertz CT molecular complexity index is 725. The van der Waals surface area contributed by atoms with Crippen LogP contribution in [0.1, 0.15) is 30.7 Å². The summed E-state index contributed by atoms with van der Waals surface area (Å²) in [5, 5.41) is 9.23. The first-order chi connectivity index (χ1) is 11.4. The van der Waals surface area contributed by atoms with Crippen molar-refractivity contribution in [3.8, 4) is 0 Å². The van der Waals surface area contributed by atoms with Crippen LogP contribution in [0.25, 0.3) is 0 Å². The molecule has 2 aliphatic rings. The molecule has 0 spiro atoms. The molecule has 0 radical (unpaired) electrons. The molecule has 1 aromatic carbocycles. The van der Waals surface area contributed by atoms with Crippen molar-refractivity contribution in [3.05, 3.63) is 35.9 Å². The lowest BCUT2D eigenvalue weighted by atomic mass is 9.70. The quantitative estimate of drug-likeness (QED) is 0.882. The SMILES string of the molecule is O=C(O)C1CS(=O)(=O)CCN1C(=O)CC1CC(c2ccccc2)C1. The largest absolute Gasteiger partial charge is 0.480 e. The lowest BCUT2D eigenvalue weighted by Gasteiger charge is -2.38. The second-order valence-corrected chi connectivity index (χ2v) is 8.93. The van der Waals surface area contributed by atoms with Crippen LogP contribution in [-0.2, 0) is 19.4 Å². The third kappa shape index (κ3) is 3.61. The highest BCUT2D eigenvalue weighted by molar-refractivity contribution is 7.91. The summed E-state index contributed by atoms with van der Waals surface area (Å²) in [7, 11) is -3.38. The number of nitrogens with zero attached hydrogens (tertiary/aromatic N) is 1. The summed E-state index contributed by atoms with van der Waals surface area (Å²) in [6.45, 7) is -0.0209. The number of sulfone groups is 1. The van der Waals surface area contributed by atoms with Crippen LogP contribution in [0.15, 0.2) is 30.3 Å². The standard InChI is InChI=1S/C17H21NO5S/c19-16(18-6-7-24(22,23)11-15(18)17(20)21)10-12-8-14(9-12)13-4-2-1-3-5-13/h1-5,12,14-15H,6-11H2,(H,20,21). The molecule has 7 heteroatoms. The summed E-state index contributed by atoms with van der Waals surface area (Å²) in [5.74, 6) is -1.42. The van der Waals surface area contributed by atoms with Crippen molar-refractivity contribution in [1.82, 2.24) is 4.90 Å². The fraction of sp³-hybridized carbons (Fsp3) is 0.529. The summed E-state index contributed by atoms with van der Waals surface area (Å²) < 4.78 is 23.2. The third-order valence-electron chi connectivity index (χ3n) is 5.01. The fourth-order valence-electron chi connectivity index (χ4n) is 3.57. The van der Waals surface area contributed by atoms with Gasteiger partial charge in [0.2, 0.25) is 5.91 Å². The molecule has 2 fully saturated rings. The molecule has 0 aromatic heterocycles. The van der Waals surface area contributed by atoms with Gasteiger partial charge in [0.15, 0.2) is 9.84 Å². The predicted octanol–water partition coefficient (Wildman–Crippen LogP) is 1.28. The van der Waals surface area contributed by atoms with Gasteiger partial charge in [-0.1, -0.05) is 30.3 Å². The minimum absolute atomic E-state index is 0.0209. The Morgan fingerprint density at radius 3 is 2.46 bits per heavy atom. The molecule has 1 aromatic rings. The Hall–Kier alpha value is -1.89. The molecule has 1 heterocycles. The highest BCUT2D eigenvalue weighted by Gasteiger charge is 2.40. The molecular weight excluding hydrogens is 330 g/mol. The molecule has 24 heavy (non-hydrogen) atoms. The van der Waals surface area contributed by atoms with E-state index in [0.717, 1.165) is 12.8 Å². The highest BCUT2D eigenvalue weighted by atomic mass is 32.2. The molecule has 1 unspecified atom stereocenters. The number of hydrogen-bond donors (Lipinski definition) is 1. The van der Waals surface area contributed by atoms with Gasteiger partial charge in [0, 0.05) is 13.0 Å². The normalized spacial score (nSPS) is 28.8. The second-order valence-electron chi connectivity index (χ2n) is 6.70. The van der Waals surface area contributed by atoms with Gasteiger partial charge in [0.1, 0.15) is 6.04 Å². The van der Waals surface area contributed by atoms with Crippen molar-refractivity contribution in [2.75, 3.05) is 18.1 Å². The fourth-order valence-corrected chi connectivity index (χ4v) is 5.02. The number of hydrogen-bond acceptors (Lipinski definition) is 4. The van der Waals surface area contributed by atoms with Gasteiger partial charge in [-0.05, 0) is 30.2 Å². The molecule has 1 aliphatic heterocycles. The monoisotopic (exact) mass is 351 g/mol. The van der Waals surface area contributed by atoms with E-state index in [1.165, 1.54) is 10.5 Å². The first-order valence-corrected chi connectivity index (χ1v) is 9.95. The lowest BCUT2D eigenvalue weighted by Crippen LogP contribution is -2.55. The zero-order valence-corrected chi connectivity index (χ0v) is 14.1. The van der Waals surface area contributed by atoms with Gasteiger partial charge in [0.05, 0.1) is 11.5 Å². The summed E-state index contributed by atoms with van der Waals surface area (Å²) in [4.78, 5) is 25.0. The van der Waals surface area contributed by atoms with E-state index in [2.05, 4.69) is 12.1 Å². The minimum Gasteiger partial charge on any atom is -0.480 e. The minimum atomic E-state index is -3.38. The van der Waals surface area contributed by atoms with E-state index in [-0.39, 0.29) is 24.1 Å². The molecule has 130 valence electrons. The number of amides is 1. The number of carbonyl (C=O) groups is 2. The highest BCUT2D eigenvalue weighted by Crippen LogP contribution is 2.43. The van der Waals surface area contributed by atoms with Crippen molar-refractivity contribution in [3.63, 3.8) is 0 Å². The molecule has 1 saturated carbocycles. The average molecular weight is 351 g/mol. The van der Waals surface area contributed by atoms with Gasteiger partial charge in [-0.15, -0.1) is 0 Å². The maximum atomic E-state index is 12.4. The molecule has 1 amide bonds. The molecule has 3 rings (SSSR count). The van der Waals surface area contributed by atoms with Crippen LogP contribution < -0.4 is 0 Å². The molecule has 1 N–H and O–H groups in total.